The number of hydrogen-bond donors (Lipinski definition) is 1. The molecule has 1 aliphatic rings. The van der Waals surface area contributed by atoms with E-state index in [0.717, 1.165) is 30.0 Å². The zero-order valence-corrected chi connectivity index (χ0v) is 16.9. The minimum atomic E-state index is -4.35. The van der Waals surface area contributed by atoms with Crippen molar-refractivity contribution >= 4 is 11.6 Å². The highest BCUT2D eigenvalue weighted by Crippen LogP contribution is 2.27. The van der Waals surface area contributed by atoms with E-state index in [-0.39, 0.29) is 23.8 Å². The molecule has 0 aliphatic carbocycles. The highest BCUT2D eigenvalue weighted by Gasteiger charge is 2.28. The molecule has 2 unspecified atom stereocenters. The van der Waals surface area contributed by atoms with E-state index in [1.54, 1.807) is 24.3 Å². The van der Waals surface area contributed by atoms with Gasteiger partial charge in [-0.05, 0) is 48.9 Å². The summed E-state index contributed by atoms with van der Waals surface area (Å²) in [6.07, 6.45) is -3.49. The van der Waals surface area contributed by atoms with Gasteiger partial charge < -0.3 is 19.7 Å². The number of benzene rings is 2. The second kappa shape index (κ2) is 9.28. The van der Waals surface area contributed by atoms with E-state index >= 15 is 0 Å². The molecule has 1 aliphatic heterocycles. The van der Waals surface area contributed by atoms with Crippen LogP contribution in [0, 0.1) is 0 Å². The summed E-state index contributed by atoms with van der Waals surface area (Å²) in [5.74, 6) is 0.877. The first-order valence-electron chi connectivity index (χ1n) is 9.78. The molecule has 0 bridgehead atoms. The Morgan fingerprint density at radius 1 is 1.13 bits per heavy atom. The average Bonchev–Trinajstić information content (AvgIpc) is 3.15. The molecule has 5 nitrogen and oxygen atoms in total. The van der Waals surface area contributed by atoms with Gasteiger partial charge in [-0.1, -0.05) is 12.1 Å². The summed E-state index contributed by atoms with van der Waals surface area (Å²) in [7, 11) is 0. The molecule has 162 valence electrons. The summed E-state index contributed by atoms with van der Waals surface area (Å²) in [6, 6.07) is 14.2. The molecule has 3 rings (SSSR count). The van der Waals surface area contributed by atoms with Gasteiger partial charge in [0.25, 0.3) is 0 Å². The number of rotatable bonds is 7. The number of nitrogens with one attached hydrogen (secondary N) is 1. The number of alkyl halides is 3. The minimum Gasteiger partial charge on any atom is -0.489 e. The van der Waals surface area contributed by atoms with Crippen molar-refractivity contribution in [2.45, 2.75) is 38.6 Å². The zero-order valence-electron chi connectivity index (χ0n) is 16.9. The van der Waals surface area contributed by atoms with Crippen LogP contribution in [0.3, 0.4) is 0 Å². The number of carbonyl (C=O) groups is 1. The van der Waals surface area contributed by atoms with Crippen LogP contribution in [0.4, 0.5) is 18.9 Å². The molecule has 2 aromatic rings. The van der Waals surface area contributed by atoms with Crippen LogP contribution in [0.25, 0.3) is 0 Å². The van der Waals surface area contributed by atoms with Crippen molar-refractivity contribution < 1.29 is 27.4 Å². The second-order valence-corrected chi connectivity index (χ2v) is 7.36. The Hall–Kier alpha value is -2.90. The predicted octanol–water partition coefficient (Wildman–Crippen LogP) is 4.48. The van der Waals surface area contributed by atoms with Crippen molar-refractivity contribution in [3.63, 3.8) is 0 Å². The number of anilines is 1. The first-order valence-corrected chi connectivity index (χ1v) is 9.78. The van der Waals surface area contributed by atoms with E-state index in [9.17, 15) is 18.0 Å². The van der Waals surface area contributed by atoms with Gasteiger partial charge in [0.15, 0.2) is 6.61 Å². The molecular weight excluding hydrogens is 397 g/mol. The fourth-order valence-electron chi connectivity index (χ4n) is 3.39. The van der Waals surface area contributed by atoms with Crippen molar-refractivity contribution in [3.8, 4) is 11.5 Å². The molecule has 0 spiro atoms. The number of carbonyl (C=O) groups excluding carboxylic acids is 1. The van der Waals surface area contributed by atoms with Gasteiger partial charge in [0, 0.05) is 25.6 Å². The lowest BCUT2D eigenvalue weighted by Gasteiger charge is -2.20. The number of nitrogens with zero attached hydrogens (tertiary/aromatic N) is 1. The summed E-state index contributed by atoms with van der Waals surface area (Å²) in [4.78, 5) is 13.3. The SMILES string of the molecule is CC(=O)NC(C)c1ccc(OC2CCN(c3ccc(OCC(F)(F)F)cc3)C2)cc1. The molecule has 2 atom stereocenters. The average molecular weight is 422 g/mol. The van der Waals surface area contributed by atoms with Gasteiger partial charge in [-0.15, -0.1) is 0 Å². The fourth-order valence-corrected chi connectivity index (χ4v) is 3.39. The molecule has 8 heteroatoms. The van der Waals surface area contributed by atoms with Crippen LogP contribution in [0.5, 0.6) is 11.5 Å². The van der Waals surface area contributed by atoms with E-state index in [4.69, 9.17) is 9.47 Å². The lowest BCUT2D eigenvalue weighted by molar-refractivity contribution is -0.153. The van der Waals surface area contributed by atoms with Crippen molar-refractivity contribution in [2.75, 3.05) is 24.6 Å². The predicted molar refractivity (Wildman–Crippen MR) is 108 cm³/mol. The van der Waals surface area contributed by atoms with Crippen LogP contribution in [-0.2, 0) is 4.79 Å². The van der Waals surface area contributed by atoms with Gasteiger partial charge in [-0.3, -0.25) is 4.79 Å². The van der Waals surface area contributed by atoms with Crippen molar-refractivity contribution in [1.29, 1.82) is 0 Å². The van der Waals surface area contributed by atoms with Crippen molar-refractivity contribution in [1.82, 2.24) is 5.32 Å². The molecule has 30 heavy (non-hydrogen) atoms. The topological polar surface area (TPSA) is 50.8 Å². The molecule has 2 aromatic carbocycles. The standard InChI is InChI=1S/C22H25F3N2O3/c1-15(26-16(2)28)17-3-7-20(8-4-17)30-21-11-12-27(13-21)18-5-9-19(10-6-18)29-14-22(23,24)25/h3-10,15,21H,11-14H2,1-2H3,(H,26,28). The normalized spacial score (nSPS) is 17.5. The maximum absolute atomic E-state index is 12.2. The maximum atomic E-state index is 12.2. The summed E-state index contributed by atoms with van der Waals surface area (Å²) in [5, 5.41) is 2.84. The second-order valence-electron chi connectivity index (χ2n) is 7.36. The van der Waals surface area contributed by atoms with Gasteiger partial charge in [0.1, 0.15) is 17.6 Å². The molecule has 0 saturated carbocycles. The van der Waals surface area contributed by atoms with E-state index in [0.29, 0.717) is 6.54 Å². The third-order valence-electron chi connectivity index (χ3n) is 4.85. The third kappa shape index (κ3) is 6.30. The Kier molecular flexibility index (Phi) is 6.74. The number of amides is 1. The van der Waals surface area contributed by atoms with Crippen LogP contribution in [0.2, 0.25) is 0 Å². The molecule has 1 saturated heterocycles. The third-order valence-corrected chi connectivity index (χ3v) is 4.85. The van der Waals surface area contributed by atoms with Gasteiger partial charge in [-0.25, -0.2) is 0 Å². The minimum absolute atomic E-state index is 0.0183. The van der Waals surface area contributed by atoms with Crippen molar-refractivity contribution in [3.05, 3.63) is 54.1 Å². The van der Waals surface area contributed by atoms with Gasteiger partial charge in [0.05, 0.1) is 12.6 Å². The number of hydrogen-bond acceptors (Lipinski definition) is 4. The van der Waals surface area contributed by atoms with Gasteiger partial charge in [0.2, 0.25) is 5.91 Å². The zero-order chi connectivity index (χ0) is 21.7. The molecule has 1 heterocycles. The van der Waals surface area contributed by atoms with Crippen molar-refractivity contribution in [2.24, 2.45) is 0 Å². The Morgan fingerprint density at radius 2 is 1.77 bits per heavy atom. The maximum Gasteiger partial charge on any atom is 0.422 e. The molecule has 1 N–H and O–H groups in total. The molecular formula is C22H25F3N2O3. The summed E-state index contributed by atoms with van der Waals surface area (Å²) in [5.41, 5.74) is 1.92. The largest absolute Gasteiger partial charge is 0.489 e. The quantitative estimate of drug-likeness (QED) is 0.715. The molecule has 1 fully saturated rings. The lowest BCUT2D eigenvalue weighted by atomic mass is 10.1. The first kappa shape index (κ1) is 21.8. The smallest absolute Gasteiger partial charge is 0.422 e. The van der Waals surface area contributed by atoms with Crippen LogP contribution in [0.1, 0.15) is 31.9 Å². The molecule has 0 radical (unpaired) electrons. The highest BCUT2D eigenvalue weighted by atomic mass is 19.4. The van der Waals surface area contributed by atoms with Crippen LogP contribution >= 0.6 is 0 Å². The van der Waals surface area contributed by atoms with Crippen LogP contribution < -0.4 is 19.7 Å². The fraction of sp³-hybridized carbons (Fsp3) is 0.409. The summed E-state index contributed by atoms with van der Waals surface area (Å²) in [6.45, 7) is 3.60. The summed E-state index contributed by atoms with van der Waals surface area (Å²) >= 11 is 0. The Bertz CT molecular complexity index is 838. The van der Waals surface area contributed by atoms with E-state index in [2.05, 4.69) is 10.2 Å². The lowest BCUT2D eigenvalue weighted by Crippen LogP contribution is -2.24. The number of ether oxygens (including phenoxy) is 2. The van der Waals surface area contributed by atoms with Crippen LogP contribution in [0.15, 0.2) is 48.5 Å². The monoisotopic (exact) mass is 422 g/mol. The van der Waals surface area contributed by atoms with Crippen LogP contribution in [-0.4, -0.2) is 37.9 Å². The van der Waals surface area contributed by atoms with Gasteiger partial charge >= 0.3 is 6.18 Å². The van der Waals surface area contributed by atoms with E-state index in [1.807, 2.05) is 31.2 Å². The number of halogens is 3. The Labute approximate surface area is 173 Å². The Balaban J connectivity index is 1.51. The highest BCUT2D eigenvalue weighted by molar-refractivity contribution is 5.73. The first-order chi connectivity index (χ1) is 14.2. The molecule has 1 amide bonds. The van der Waals surface area contributed by atoms with E-state index < -0.39 is 12.8 Å². The van der Waals surface area contributed by atoms with E-state index in [1.165, 1.54) is 6.92 Å². The Morgan fingerprint density at radius 3 is 2.37 bits per heavy atom. The summed E-state index contributed by atoms with van der Waals surface area (Å²) < 4.78 is 47.5. The van der Waals surface area contributed by atoms with Gasteiger partial charge in [-0.2, -0.15) is 13.2 Å². The molecule has 0 aromatic heterocycles.